The SMILES string of the molecule is CCc1nn(C)c(C(=O)N(C)CC2(O)CCOCC2)c1N. The number of nitrogens with zero attached hydrogens (tertiary/aromatic N) is 3. The van der Waals surface area contributed by atoms with Crippen LogP contribution in [0.1, 0.15) is 35.9 Å². The van der Waals surface area contributed by atoms with Crippen LogP contribution < -0.4 is 5.73 Å². The minimum absolute atomic E-state index is 0.220. The van der Waals surface area contributed by atoms with Gasteiger partial charge in [-0.2, -0.15) is 5.10 Å². The number of aromatic nitrogens is 2. The van der Waals surface area contributed by atoms with Crippen LogP contribution in [0.5, 0.6) is 0 Å². The van der Waals surface area contributed by atoms with E-state index in [1.807, 2.05) is 6.92 Å². The molecule has 118 valence electrons. The number of hydrogen-bond donors (Lipinski definition) is 2. The number of likely N-dealkylation sites (N-methyl/N-ethyl adjacent to an activating group) is 1. The van der Waals surface area contributed by atoms with Crippen LogP contribution in [0.2, 0.25) is 0 Å². The van der Waals surface area contributed by atoms with E-state index < -0.39 is 5.60 Å². The van der Waals surface area contributed by atoms with Crippen molar-refractivity contribution in [1.82, 2.24) is 14.7 Å². The van der Waals surface area contributed by atoms with Crippen LogP contribution in [-0.4, -0.2) is 58.1 Å². The molecule has 0 unspecified atom stereocenters. The van der Waals surface area contributed by atoms with Crippen molar-refractivity contribution in [3.05, 3.63) is 11.4 Å². The number of aryl methyl sites for hydroxylation is 2. The molecule has 1 saturated heterocycles. The standard InChI is InChI=1S/C14H24N4O3/c1-4-10-11(15)12(18(3)16-10)13(19)17(2)9-14(20)5-7-21-8-6-14/h20H,4-9,15H2,1-3H3. The van der Waals surface area contributed by atoms with Crippen molar-refractivity contribution in [2.45, 2.75) is 31.8 Å². The third kappa shape index (κ3) is 3.19. The van der Waals surface area contributed by atoms with Crippen molar-refractivity contribution in [1.29, 1.82) is 0 Å². The lowest BCUT2D eigenvalue weighted by molar-refractivity contribution is -0.0735. The maximum Gasteiger partial charge on any atom is 0.274 e. The van der Waals surface area contributed by atoms with Crippen LogP contribution in [0, 0.1) is 0 Å². The van der Waals surface area contributed by atoms with Gasteiger partial charge in [-0.25, -0.2) is 0 Å². The fraction of sp³-hybridized carbons (Fsp3) is 0.714. The van der Waals surface area contributed by atoms with Gasteiger partial charge in [0.25, 0.3) is 5.91 Å². The van der Waals surface area contributed by atoms with Gasteiger partial charge in [-0.3, -0.25) is 9.48 Å². The summed E-state index contributed by atoms with van der Waals surface area (Å²) in [5.74, 6) is -0.220. The molecule has 0 radical (unpaired) electrons. The number of nitrogens with two attached hydrogens (primary N) is 1. The lowest BCUT2D eigenvalue weighted by Crippen LogP contribution is -2.47. The molecule has 1 amide bonds. The Morgan fingerprint density at radius 2 is 2.14 bits per heavy atom. The van der Waals surface area contributed by atoms with E-state index in [2.05, 4.69) is 5.10 Å². The van der Waals surface area contributed by atoms with Crippen molar-refractivity contribution < 1.29 is 14.6 Å². The van der Waals surface area contributed by atoms with Crippen LogP contribution in [0.3, 0.4) is 0 Å². The maximum atomic E-state index is 12.6. The molecule has 2 heterocycles. The topological polar surface area (TPSA) is 93.6 Å². The molecule has 0 atom stereocenters. The molecule has 7 heteroatoms. The van der Waals surface area contributed by atoms with Gasteiger partial charge < -0.3 is 20.5 Å². The predicted molar refractivity (Wildman–Crippen MR) is 79.0 cm³/mol. The van der Waals surface area contributed by atoms with Crippen molar-refractivity contribution in [3.8, 4) is 0 Å². The average molecular weight is 296 g/mol. The normalized spacial score (nSPS) is 17.7. The Morgan fingerprint density at radius 3 is 2.67 bits per heavy atom. The molecule has 1 aromatic rings. The second-order valence-corrected chi connectivity index (χ2v) is 5.68. The molecule has 0 aliphatic carbocycles. The van der Waals surface area contributed by atoms with Crippen LogP contribution >= 0.6 is 0 Å². The monoisotopic (exact) mass is 296 g/mol. The quantitative estimate of drug-likeness (QED) is 0.826. The molecular weight excluding hydrogens is 272 g/mol. The molecule has 0 bridgehead atoms. The molecule has 7 nitrogen and oxygen atoms in total. The van der Waals surface area contributed by atoms with Gasteiger partial charge in [0.05, 0.1) is 17.0 Å². The molecule has 1 aliphatic heterocycles. The highest BCUT2D eigenvalue weighted by Gasteiger charge is 2.33. The van der Waals surface area contributed by atoms with Crippen LogP contribution in [0.25, 0.3) is 0 Å². The summed E-state index contributed by atoms with van der Waals surface area (Å²) in [5.41, 5.74) is 6.65. The Bertz CT molecular complexity index is 521. The molecule has 3 N–H and O–H groups in total. The second kappa shape index (κ2) is 6.03. The largest absolute Gasteiger partial charge is 0.395 e. The van der Waals surface area contributed by atoms with E-state index in [-0.39, 0.29) is 12.5 Å². The van der Waals surface area contributed by atoms with E-state index in [0.29, 0.717) is 43.9 Å². The van der Waals surface area contributed by atoms with Gasteiger partial charge in [0.15, 0.2) is 0 Å². The van der Waals surface area contributed by atoms with Crippen molar-refractivity contribution in [2.75, 3.05) is 32.5 Å². The fourth-order valence-electron chi connectivity index (χ4n) is 2.71. The smallest absolute Gasteiger partial charge is 0.274 e. The molecule has 0 spiro atoms. The number of rotatable bonds is 4. The number of nitrogen functional groups attached to an aromatic ring is 1. The van der Waals surface area contributed by atoms with Crippen molar-refractivity contribution in [2.24, 2.45) is 7.05 Å². The third-order valence-corrected chi connectivity index (χ3v) is 4.00. The number of hydrogen-bond acceptors (Lipinski definition) is 5. The number of carbonyl (C=O) groups is 1. The highest BCUT2D eigenvalue weighted by Crippen LogP contribution is 2.23. The lowest BCUT2D eigenvalue weighted by Gasteiger charge is -2.35. The molecule has 1 aliphatic rings. The van der Waals surface area contributed by atoms with Crippen LogP contribution in [-0.2, 0) is 18.2 Å². The first-order valence-corrected chi connectivity index (χ1v) is 7.25. The Kier molecular flexibility index (Phi) is 4.53. The summed E-state index contributed by atoms with van der Waals surface area (Å²) >= 11 is 0. The van der Waals surface area contributed by atoms with Crippen LogP contribution in [0.4, 0.5) is 5.69 Å². The van der Waals surface area contributed by atoms with Crippen LogP contribution in [0.15, 0.2) is 0 Å². The molecular formula is C14H24N4O3. The van der Waals surface area contributed by atoms with Gasteiger partial charge in [0, 0.05) is 46.7 Å². The first-order valence-electron chi connectivity index (χ1n) is 7.25. The summed E-state index contributed by atoms with van der Waals surface area (Å²) < 4.78 is 6.77. The first-order chi connectivity index (χ1) is 9.88. The number of ether oxygens (including phenoxy) is 1. The van der Waals surface area contributed by atoms with E-state index in [4.69, 9.17) is 10.5 Å². The van der Waals surface area contributed by atoms with Gasteiger partial charge in [-0.05, 0) is 6.42 Å². The van der Waals surface area contributed by atoms with Gasteiger partial charge in [0.2, 0.25) is 0 Å². The highest BCUT2D eigenvalue weighted by molar-refractivity contribution is 5.97. The van der Waals surface area contributed by atoms with Gasteiger partial charge in [-0.15, -0.1) is 0 Å². The Labute approximate surface area is 124 Å². The van der Waals surface area contributed by atoms with E-state index >= 15 is 0 Å². The Hall–Kier alpha value is -1.60. The van der Waals surface area contributed by atoms with Crippen molar-refractivity contribution >= 4 is 11.6 Å². The molecule has 0 aromatic carbocycles. The lowest BCUT2D eigenvalue weighted by atomic mass is 9.94. The zero-order valence-electron chi connectivity index (χ0n) is 12.9. The number of aliphatic hydroxyl groups is 1. The second-order valence-electron chi connectivity index (χ2n) is 5.68. The predicted octanol–water partition coefficient (Wildman–Crippen LogP) is 0.178. The fourth-order valence-corrected chi connectivity index (χ4v) is 2.71. The molecule has 1 aromatic heterocycles. The molecule has 0 saturated carbocycles. The minimum Gasteiger partial charge on any atom is -0.395 e. The van der Waals surface area contributed by atoms with E-state index in [1.165, 1.54) is 9.58 Å². The zero-order chi connectivity index (χ0) is 15.6. The molecule has 1 fully saturated rings. The van der Waals surface area contributed by atoms with E-state index in [0.717, 1.165) is 5.69 Å². The summed E-state index contributed by atoms with van der Waals surface area (Å²) in [6.45, 7) is 3.25. The Balaban J connectivity index is 2.14. The Morgan fingerprint density at radius 1 is 1.52 bits per heavy atom. The van der Waals surface area contributed by atoms with Gasteiger partial charge >= 0.3 is 0 Å². The van der Waals surface area contributed by atoms with E-state index in [9.17, 15) is 9.90 Å². The molecule has 21 heavy (non-hydrogen) atoms. The minimum atomic E-state index is -0.885. The number of anilines is 1. The summed E-state index contributed by atoms with van der Waals surface area (Å²) in [6, 6.07) is 0. The maximum absolute atomic E-state index is 12.6. The summed E-state index contributed by atoms with van der Waals surface area (Å²) in [7, 11) is 3.38. The zero-order valence-corrected chi connectivity index (χ0v) is 12.9. The summed E-state index contributed by atoms with van der Waals surface area (Å²) in [5, 5.41) is 14.8. The summed E-state index contributed by atoms with van der Waals surface area (Å²) in [4.78, 5) is 14.1. The van der Waals surface area contributed by atoms with E-state index in [1.54, 1.807) is 14.1 Å². The van der Waals surface area contributed by atoms with Crippen molar-refractivity contribution in [3.63, 3.8) is 0 Å². The summed E-state index contributed by atoms with van der Waals surface area (Å²) in [6.07, 6.45) is 1.75. The third-order valence-electron chi connectivity index (χ3n) is 4.00. The number of amides is 1. The van der Waals surface area contributed by atoms with Gasteiger partial charge in [-0.1, -0.05) is 6.92 Å². The first kappa shape index (κ1) is 15.8. The number of carbonyl (C=O) groups excluding carboxylic acids is 1. The molecule has 2 rings (SSSR count). The highest BCUT2D eigenvalue weighted by atomic mass is 16.5. The van der Waals surface area contributed by atoms with Gasteiger partial charge in [0.1, 0.15) is 5.69 Å². The average Bonchev–Trinajstić information content (AvgIpc) is 2.72.